The minimum Gasteiger partial charge on any atom is -0.328 e. The molecule has 0 saturated heterocycles. The Kier molecular flexibility index (Phi) is 6.72. The number of nitrogens with zero attached hydrogens (tertiary/aromatic N) is 1. The van der Waals surface area contributed by atoms with Gasteiger partial charge in [0.15, 0.2) is 0 Å². The van der Waals surface area contributed by atoms with Crippen molar-refractivity contribution in [2.24, 2.45) is 0 Å². The Morgan fingerprint density at radius 1 is 0.852 bits per heavy atom. The molecule has 27 heavy (non-hydrogen) atoms. The van der Waals surface area contributed by atoms with Crippen molar-refractivity contribution in [1.29, 1.82) is 0 Å². The van der Waals surface area contributed by atoms with Gasteiger partial charge in [-0.15, -0.1) is 0 Å². The van der Waals surface area contributed by atoms with Crippen LogP contribution in [0.25, 0.3) is 0 Å². The maximum atomic E-state index is 13.4. The van der Waals surface area contributed by atoms with Gasteiger partial charge in [-0.25, -0.2) is 0 Å². The highest BCUT2D eigenvalue weighted by atomic mass is 32.2. The lowest BCUT2D eigenvalue weighted by Crippen LogP contribution is -2.35. The fraction of sp³-hybridized carbons (Fsp3) is 0.208. The summed E-state index contributed by atoms with van der Waals surface area (Å²) in [7, 11) is 0. The Hall–Kier alpha value is -2.52. The van der Waals surface area contributed by atoms with E-state index in [4.69, 9.17) is 0 Å². The standard InChI is InChI=1S/C24H25NOS/c1-3-25(24(26)22-16-14-19(15-17-22)18-27-2)23(20-10-6-4-7-11-20)21-12-8-5-9-13-21/h4-17,23H,3,18H2,1-2H3. The molecule has 0 bridgehead atoms. The van der Waals surface area contributed by atoms with Crippen molar-refractivity contribution in [2.75, 3.05) is 12.8 Å². The molecule has 0 atom stereocenters. The Bertz CT molecular complexity index is 807. The predicted molar refractivity (Wildman–Crippen MR) is 115 cm³/mol. The van der Waals surface area contributed by atoms with Gasteiger partial charge in [-0.1, -0.05) is 72.8 Å². The van der Waals surface area contributed by atoms with Gasteiger partial charge in [-0.3, -0.25) is 4.79 Å². The molecule has 0 radical (unpaired) electrons. The average molecular weight is 376 g/mol. The summed E-state index contributed by atoms with van der Waals surface area (Å²) in [6.45, 7) is 2.68. The molecule has 3 aromatic rings. The van der Waals surface area contributed by atoms with Gasteiger partial charge < -0.3 is 4.90 Å². The molecule has 0 aliphatic rings. The molecule has 0 aromatic heterocycles. The summed E-state index contributed by atoms with van der Waals surface area (Å²) in [5.41, 5.74) is 4.22. The number of carbonyl (C=O) groups excluding carboxylic acids is 1. The lowest BCUT2D eigenvalue weighted by molar-refractivity contribution is 0.0717. The molecule has 138 valence electrons. The highest BCUT2D eigenvalue weighted by molar-refractivity contribution is 7.97. The van der Waals surface area contributed by atoms with Crippen molar-refractivity contribution in [1.82, 2.24) is 4.90 Å². The highest BCUT2D eigenvalue weighted by Gasteiger charge is 2.26. The SMILES string of the molecule is CCN(C(=O)c1ccc(CSC)cc1)C(c1ccccc1)c1ccccc1. The summed E-state index contributed by atoms with van der Waals surface area (Å²) < 4.78 is 0. The van der Waals surface area contributed by atoms with Gasteiger partial charge in [0.05, 0.1) is 6.04 Å². The van der Waals surface area contributed by atoms with Crippen molar-refractivity contribution >= 4 is 17.7 Å². The van der Waals surface area contributed by atoms with Crippen molar-refractivity contribution in [2.45, 2.75) is 18.7 Å². The lowest BCUT2D eigenvalue weighted by atomic mass is 9.96. The summed E-state index contributed by atoms with van der Waals surface area (Å²) in [6.07, 6.45) is 2.09. The predicted octanol–water partition coefficient (Wildman–Crippen LogP) is 5.80. The van der Waals surface area contributed by atoms with Gasteiger partial charge in [0, 0.05) is 17.9 Å². The van der Waals surface area contributed by atoms with E-state index >= 15 is 0 Å². The molecule has 3 heteroatoms. The number of amides is 1. The zero-order valence-corrected chi connectivity index (χ0v) is 16.7. The molecule has 0 aliphatic heterocycles. The fourth-order valence-electron chi connectivity index (χ4n) is 3.34. The Labute approximate surface area is 166 Å². The summed E-state index contributed by atoms with van der Waals surface area (Å²) >= 11 is 1.78. The number of carbonyl (C=O) groups is 1. The number of rotatable bonds is 7. The van der Waals surface area contributed by atoms with Crippen LogP contribution < -0.4 is 0 Å². The summed E-state index contributed by atoms with van der Waals surface area (Å²) in [5.74, 6) is 1.02. The van der Waals surface area contributed by atoms with E-state index in [0.717, 1.165) is 22.4 Å². The van der Waals surface area contributed by atoms with E-state index in [1.807, 2.05) is 60.4 Å². The molecule has 0 aliphatic carbocycles. The Morgan fingerprint density at radius 3 is 1.81 bits per heavy atom. The second-order valence-electron chi connectivity index (χ2n) is 6.45. The third-order valence-corrected chi connectivity index (χ3v) is 5.28. The van der Waals surface area contributed by atoms with E-state index in [1.54, 1.807) is 11.8 Å². The van der Waals surface area contributed by atoms with Crippen molar-refractivity contribution in [3.63, 3.8) is 0 Å². The first-order valence-electron chi connectivity index (χ1n) is 9.23. The molecule has 0 spiro atoms. The topological polar surface area (TPSA) is 20.3 Å². The van der Waals surface area contributed by atoms with Gasteiger partial charge in [0.1, 0.15) is 0 Å². The molecule has 0 unspecified atom stereocenters. The third-order valence-electron chi connectivity index (χ3n) is 4.66. The first-order valence-corrected chi connectivity index (χ1v) is 10.6. The maximum Gasteiger partial charge on any atom is 0.254 e. The molecule has 0 saturated carbocycles. The van der Waals surface area contributed by atoms with Gasteiger partial charge in [0.2, 0.25) is 0 Å². The van der Waals surface area contributed by atoms with E-state index in [2.05, 4.69) is 42.7 Å². The summed E-state index contributed by atoms with van der Waals surface area (Å²) in [6, 6.07) is 28.4. The number of benzene rings is 3. The molecule has 3 aromatic carbocycles. The molecule has 0 fully saturated rings. The summed E-state index contributed by atoms with van der Waals surface area (Å²) in [4.78, 5) is 15.3. The van der Waals surface area contributed by atoms with Crippen LogP contribution in [-0.4, -0.2) is 23.6 Å². The molecule has 3 rings (SSSR count). The second-order valence-corrected chi connectivity index (χ2v) is 7.31. The van der Waals surface area contributed by atoms with Gasteiger partial charge >= 0.3 is 0 Å². The molecular formula is C24H25NOS. The second kappa shape index (κ2) is 9.43. The fourth-order valence-corrected chi connectivity index (χ4v) is 3.87. The third kappa shape index (κ3) is 4.61. The van der Waals surface area contributed by atoms with Crippen LogP contribution in [-0.2, 0) is 5.75 Å². The van der Waals surface area contributed by atoms with E-state index in [9.17, 15) is 4.79 Å². The molecule has 2 nitrogen and oxygen atoms in total. The Balaban J connectivity index is 1.97. The van der Waals surface area contributed by atoms with E-state index in [0.29, 0.717) is 6.54 Å². The van der Waals surface area contributed by atoms with Gasteiger partial charge in [-0.2, -0.15) is 11.8 Å². The maximum absolute atomic E-state index is 13.4. The van der Waals surface area contributed by atoms with Crippen molar-refractivity contribution in [3.05, 3.63) is 107 Å². The van der Waals surface area contributed by atoms with E-state index in [1.165, 1.54) is 5.56 Å². The average Bonchev–Trinajstić information content (AvgIpc) is 2.73. The smallest absolute Gasteiger partial charge is 0.254 e. The highest BCUT2D eigenvalue weighted by Crippen LogP contribution is 2.30. The minimum atomic E-state index is -0.101. The monoisotopic (exact) mass is 375 g/mol. The molecule has 1 amide bonds. The van der Waals surface area contributed by atoms with Crippen LogP contribution in [0.15, 0.2) is 84.9 Å². The number of hydrogen-bond donors (Lipinski definition) is 0. The zero-order valence-electron chi connectivity index (χ0n) is 15.8. The van der Waals surface area contributed by atoms with Crippen molar-refractivity contribution in [3.8, 4) is 0 Å². The first-order chi connectivity index (χ1) is 13.2. The Morgan fingerprint density at radius 2 is 1.37 bits per heavy atom. The number of hydrogen-bond acceptors (Lipinski definition) is 2. The van der Waals surface area contributed by atoms with Gasteiger partial charge in [-0.05, 0) is 42.0 Å². The van der Waals surface area contributed by atoms with E-state index in [-0.39, 0.29) is 11.9 Å². The first kappa shape index (κ1) is 19.2. The van der Waals surface area contributed by atoms with Crippen LogP contribution in [0.3, 0.4) is 0 Å². The molecular weight excluding hydrogens is 350 g/mol. The zero-order chi connectivity index (χ0) is 19.1. The summed E-state index contributed by atoms with van der Waals surface area (Å²) in [5, 5.41) is 0. The molecule has 0 N–H and O–H groups in total. The van der Waals surface area contributed by atoms with E-state index < -0.39 is 0 Å². The molecule has 0 heterocycles. The van der Waals surface area contributed by atoms with Crippen LogP contribution in [0.2, 0.25) is 0 Å². The van der Waals surface area contributed by atoms with Gasteiger partial charge in [0.25, 0.3) is 5.91 Å². The van der Waals surface area contributed by atoms with Crippen LogP contribution in [0, 0.1) is 0 Å². The van der Waals surface area contributed by atoms with Crippen LogP contribution in [0.1, 0.15) is 40.0 Å². The lowest BCUT2D eigenvalue weighted by Gasteiger charge is -2.32. The quantitative estimate of drug-likeness (QED) is 0.520. The van der Waals surface area contributed by atoms with Crippen LogP contribution in [0.4, 0.5) is 0 Å². The minimum absolute atomic E-state index is 0.0610. The van der Waals surface area contributed by atoms with Crippen LogP contribution in [0.5, 0.6) is 0 Å². The normalized spacial score (nSPS) is 10.8. The van der Waals surface area contributed by atoms with Crippen LogP contribution >= 0.6 is 11.8 Å². The largest absolute Gasteiger partial charge is 0.328 e. The van der Waals surface area contributed by atoms with Crippen molar-refractivity contribution < 1.29 is 4.79 Å². The number of thioether (sulfide) groups is 1.